The Balaban J connectivity index is 1.54. The Morgan fingerprint density at radius 2 is 1.66 bits per heavy atom. The monoisotopic (exact) mass is 487 g/mol. The lowest BCUT2D eigenvalue weighted by Crippen LogP contribution is -2.16. The van der Waals surface area contributed by atoms with Crippen molar-refractivity contribution in [3.05, 3.63) is 105 Å². The van der Waals surface area contributed by atoms with Gasteiger partial charge in [0.15, 0.2) is 16.9 Å². The zero-order valence-corrected chi connectivity index (χ0v) is 19.2. The molecule has 0 aliphatic rings. The second-order valence-corrected chi connectivity index (χ2v) is 8.09. The quantitative estimate of drug-likeness (QED) is 0.292. The van der Waals surface area contributed by atoms with Crippen LogP contribution in [-0.2, 0) is 0 Å². The molecule has 35 heavy (non-hydrogen) atoms. The van der Waals surface area contributed by atoms with Crippen molar-refractivity contribution in [1.82, 2.24) is 0 Å². The zero-order valence-electron chi connectivity index (χ0n) is 18.5. The lowest BCUT2D eigenvalue weighted by Gasteiger charge is -2.07. The van der Waals surface area contributed by atoms with Gasteiger partial charge in [-0.15, -0.1) is 0 Å². The van der Waals surface area contributed by atoms with Crippen molar-refractivity contribution >= 4 is 50.9 Å². The lowest BCUT2D eigenvalue weighted by molar-refractivity contribution is 0.0997. The Morgan fingerprint density at radius 3 is 2.43 bits per heavy atom. The fourth-order valence-electron chi connectivity index (χ4n) is 3.75. The number of hydrogen-bond donors (Lipinski definition) is 1. The van der Waals surface area contributed by atoms with Gasteiger partial charge in [0.1, 0.15) is 16.9 Å². The van der Waals surface area contributed by atoms with E-state index in [9.17, 15) is 14.4 Å². The molecule has 0 aliphatic heterocycles. The fourth-order valence-corrected chi connectivity index (χ4v) is 3.92. The van der Waals surface area contributed by atoms with Crippen LogP contribution in [0.25, 0.3) is 21.9 Å². The minimum absolute atomic E-state index is 0.0429. The summed E-state index contributed by atoms with van der Waals surface area (Å²) in [5.74, 6) is -0.747. The molecular weight excluding hydrogens is 470 g/mol. The third kappa shape index (κ3) is 4.29. The molecule has 0 fully saturated rings. The molecule has 0 bridgehead atoms. The molecule has 5 rings (SSSR count). The van der Waals surface area contributed by atoms with Crippen molar-refractivity contribution in [3.8, 4) is 5.75 Å². The average Bonchev–Trinajstić information content (AvgIpc) is 3.23. The fraction of sp³-hybridized carbons (Fsp3) is 0.0741. The van der Waals surface area contributed by atoms with Gasteiger partial charge in [0, 0.05) is 22.0 Å². The highest BCUT2D eigenvalue weighted by Gasteiger charge is 2.25. The number of hydrogen-bond acceptors (Lipinski definition) is 6. The van der Waals surface area contributed by atoms with E-state index in [1.165, 1.54) is 12.1 Å². The van der Waals surface area contributed by atoms with Gasteiger partial charge in [0.2, 0.25) is 5.78 Å². The maximum atomic E-state index is 13.3. The van der Waals surface area contributed by atoms with Crippen LogP contribution in [0.5, 0.6) is 5.75 Å². The summed E-state index contributed by atoms with van der Waals surface area (Å²) < 4.78 is 16.9. The van der Waals surface area contributed by atoms with Crippen molar-refractivity contribution in [2.24, 2.45) is 0 Å². The summed E-state index contributed by atoms with van der Waals surface area (Å²) in [6.07, 6.45) is 0. The first-order valence-corrected chi connectivity index (χ1v) is 11.2. The van der Waals surface area contributed by atoms with Crippen LogP contribution in [0.4, 0.5) is 5.69 Å². The van der Waals surface area contributed by atoms with Gasteiger partial charge >= 0.3 is 0 Å². The number of anilines is 1. The SMILES string of the molecule is CCOc1ccc(C(=O)c2oc3ccccc3c2NC(=O)c2cc(=O)c3cc(Cl)ccc3o2)cc1. The van der Waals surface area contributed by atoms with Crippen LogP contribution in [0.3, 0.4) is 0 Å². The van der Waals surface area contributed by atoms with Crippen molar-refractivity contribution < 1.29 is 23.2 Å². The number of ether oxygens (including phenoxy) is 1. The van der Waals surface area contributed by atoms with Crippen LogP contribution in [0.1, 0.15) is 33.6 Å². The molecule has 2 aromatic heterocycles. The van der Waals surface area contributed by atoms with Crippen molar-refractivity contribution in [2.75, 3.05) is 11.9 Å². The molecule has 0 saturated heterocycles. The molecule has 0 unspecified atom stereocenters. The van der Waals surface area contributed by atoms with E-state index in [1.54, 1.807) is 54.6 Å². The van der Waals surface area contributed by atoms with Crippen LogP contribution in [0.15, 0.2) is 86.4 Å². The summed E-state index contributed by atoms with van der Waals surface area (Å²) in [6, 6.07) is 19.2. The molecule has 1 N–H and O–H groups in total. The molecule has 1 amide bonds. The highest BCUT2D eigenvalue weighted by atomic mass is 35.5. The van der Waals surface area contributed by atoms with Gasteiger partial charge in [-0.2, -0.15) is 0 Å². The summed E-state index contributed by atoms with van der Waals surface area (Å²) in [6.45, 7) is 2.38. The Morgan fingerprint density at radius 1 is 0.914 bits per heavy atom. The molecule has 2 heterocycles. The molecule has 3 aromatic carbocycles. The number of nitrogens with one attached hydrogen (secondary N) is 1. The molecule has 0 saturated carbocycles. The normalized spacial score (nSPS) is 11.0. The number of carbonyl (C=O) groups excluding carboxylic acids is 2. The Hall–Kier alpha value is -4.36. The predicted molar refractivity (Wildman–Crippen MR) is 133 cm³/mol. The summed E-state index contributed by atoms with van der Waals surface area (Å²) in [4.78, 5) is 38.9. The predicted octanol–water partition coefficient (Wildman–Crippen LogP) is 6.07. The van der Waals surface area contributed by atoms with Crippen LogP contribution in [0, 0.1) is 0 Å². The van der Waals surface area contributed by atoms with Crippen LogP contribution in [0.2, 0.25) is 5.02 Å². The first-order valence-electron chi connectivity index (χ1n) is 10.8. The second-order valence-electron chi connectivity index (χ2n) is 7.66. The molecule has 8 heteroatoms. The molecule has 0 atom stereocenters. The van der Waals surface area contributed by atoms with E-state index >= 15 is 0 Å². The molecule has 7 nitrogen and oxygen atoms in total. The van der Waals surface area contributed by atoms with Crippen molar-refractivity contribution in [1.29, 1.82) is 0 Å². The number of rotatable bonds is 6. The standard InChI is InChI=1S/C27H18ClNO6/c1-2-33-17-10-7-15(8-11-17)25(31)26-24(18-5-3-4-6-21(18)35-26)29-27(32)23-14-20(30)19-13-16(28)9-12-22(19)34-23/h3-14H,2H2,1H3,(H,29,32). The topological polar surface area (TPSA) is 98.7 Å². The van der Waals surface area contributed by atoms with E-state index in [4.69, 9.17) is 25.2 Å². The van der Waals surface area contributed by atoms with Gasteiger partial charge in [0.05, 0.1) is 17.7 Å². The summed E-state index contributed by atoms with van der Waals surface area (Å²) in [7, 11) is 0. The Labute approximate surface area is 203 Å². The third-order valence-corrected chi connectivity index (χ3v) is 5.62. The molecule has 5 aromatic rings. The number of furan rings is 1. The summed E-state index contributed by atoms with van der Waals surface area (Å²) >= 11 is 5.96. The number of halogens is 1. The number of benzene rings is 3. The number of fused-ring (bicyclic) bond motifs is 2. The van der Waals surface area contributed by atoms with E-state index in [0.29, 0.717) is 33.9 Å². The first-order chi connectivity index (χ1) is 16.9. The highest BCUT2D eigenvalue weighted by Crippen LogP contribution is 2.33. The van der Waals surface area contributed by atoms with Crippen LogP contribution >= 0.6 is 11.6 Å². The largest absolute Gasteiger partial charge is 0.494 e. The van der Waals surface area contributed by atoms with Gasteiger partial charge in [0.25, 0.3) is 5.91 Å². The highest BCUT2D eigenvalue weighted by molar-refractivity contribution is 6.31. The number of carbonyl (C=O) groups is 2. The van der Waals surface area contributed by atoms with Crippen molar-refractivity contribution in [3.63, 3.8) is 0 Å². The van der Waals surface area contributed by atoms with Gasteiger partial charge in [-0.3, -0.25) is 14.4 Å². The van der Waals surface area contributed by atoms with Gasteiger partial charge < -0.3 is 18.9 Å². The van der Waals surface area contributed by atoms with E-state index in [-0.39, 0.29) is 28.2 Å². The lowest BCUT2D eigenvalue weighted by atomic mass is 10.1. The molecule has 0 radical (unpaired) electrons. The molecule has 0 spiro atoms. The van der Waals surface area contributed by atoms with Gasteiger partial charge in [-0.25, -0.2) is 0 Å². The molecule has 174 valence electrons. The van der Waals surface area contributed by atoms with E-state index in [2.05, 4.69) is 5.32 Å². The van der Waals surface area contributed by atoms with Gasteiger partial charge in [-0.05, 0) is 61.5 Å². The van der Waals surface area contributed by atoms with E-state index < -0.39 is 17.1 Å². The van der Waals surface area contributed by atoms with E-state index in [1.807, 2.05) is 6.92 Å². The second kappa shape index (κ2) is 9.12. The Kier molecular flexibility index (Phi) is 5.84. The van der Waals surface area contributed by atoms with Crippen molar-refractivity contribution in [2.45, 2.75) is 6.92 Å². The minimum Gasteiger partial charge on any atom is -0.494 e. The number of para-hydroxylation sites is 1. The third-order valence-electron chi connectivity index (χ3n) is 5.38. The van der Waals surface area contributed by atoms with Gasteiger partial charge in [-0.1, -0.05) is 23.7 Å². The Bertz CT molecular complexity index is 1650. The maximum absolute atomic E-state index is 13.3. The zero-order chi connectivity index (χ0) is 24.5. The maximum Gasteiger partial charge on any atom is 0.291 e. The van der Waals surface area contributed by atoms with Crippen LogP contribution < -0.4 is 15.5 Å². The number of amides is 1. The minimum atomic E-state index is -0.703. The first kappa shape index (κ1) is 22.4. The summed E-state index contributed by atoms with van der Waals surface area (Å²) in [5.41, 5.74) is 0.767. The molecule has 0 aliphatic carbocycles. The van der Waals surface area contributed by atoms with E-state index in [0.717, 1.165) is 6.07 Å². The smallest absolute Gasteiger partial charge is 0.291 e. The average molecular weight is 488 g/mol. The molecular formula is C27H18ClNO6. The number of ketones is 1. The van der Waals surface area contributed by atoms with Crippen LogP contribution in [-0.4, -0.2) is 18.3 Å². The summed E-state index contributed by atoms with van der Waals surface area (Å²) in [5, 5.41) is 3.87.